The van der Waals surface area contributed by atoms with E-state index in [-0.39, 0.29) is 60.7 Å². The number of fused-ring (bicyclic) bond motifs is 5. The zero-order valence-corrected chi connectivity index (χ0v) is 46.3. The first-order valence-corrected chi connectivity index (χ1v) is 28.0. The van der Waals surface area contributed by atoms with Gasteiger partial charge < -0.3 is 41.2 Å². The van der Waals surface area contributed by atoms with E-state index in [9.17, 15) is 38.9 Å². The fraction of sp³-hybridized carbons (Fsp3) is 0.661. The second kappa shape index (κ2) is 27.0. The van der Waals surface area contributed by atoms with Crippen molar-refractivity contribution in [3.05, 3.63) is 75.9 Å². The van der Waals surface area contributed by atoms with E-state index in [2.05, 4.69) is 62.0 Å². The zero-order valence-electron chi connectivity index (χ0n) is 46.3. The van der Waals surface area contributed by atoms with Gasteiger partial charge in [-0.3, -0.25) is 34.1 Å². The van der Waals surface area contributed by atoms with Crippen LogP contribution in [0.3, 0.4) is 0 Å². The van der Waals surface area contributed by atoms with Crippen LogP contribution in [-0.2, 0) is 40.1 Å². The van der Waals surface area contributed by atoms with E-state index >= 15 is 0 Å². The number of nitrogens with two attached hydrogens (primary N) is 1. The average molecular weight is 1060 g/mol. The molecule has 3 saturated carbocycles. The topological polar surface area (TPSA) is 247 Å². The fourth-order valence-corrected chi connectivity index (χ4v) is 13.3. The van der Waals surface area contributed by atoms with Crippen molar-refractivity contribution in [3.8, 4) is 5.75 Å². The number of nitrogens with zero attached hydrogens (tertiary/aromatic N) is 1. The molecule has 11 unspecified atom stereocenters. The van der Waals surface area contributed by atoms with Crippen molar-refractivity contribution < 1.29 is 47.9 Å². The van der Waals surface area contributed by atoms with Crippen molar-refractivity contribution >= 4 is 47.1 Å². The molecule has 2 aromatic carbocycles. The lowest BCUT2D eigenvalue weighted by atomic mass is 9.47. The number of primary amides is 1. The van der Waals surface area contributed by atoms with Gasteiger partial charge in [0.05, 0.1) is 16.9 Å². The number of carbonyl (C=O) groups is 6. The monoisotopic (exact) mass is 1050 g/mol. The number of non-ortho nitro benzene ring substituents is 1. The molecule has 418 valence electrons. The summed E-state index contributed by atoms with van der Waals surface area (Å²) in [6.07, 6.45) is 16.4. The lowest BCUT2D eigenvalue weighted by Gasteiger charge is -2.58. The molecule has 0 spiro atoms. The minimum atomic E-state index is -1.41. The Bertz CT molecular complexity index is 2370. The Morgan fingerprint density at radius 2 is 1.51 bits per heavy atom. The van der Waals surface area contributed by atoms with Gasteiger partial charge in [0.2, 0.25) is 29.5 Å². The highest BCUT2D eigenvalue weighted by Crippen LogP contribution is 2.67. The van der Waals surface area contributed by atoms with Gasteiger partial charge in [-0.05, 0) is 146 Å². The molecule has 4 aliphatic rings. The summed E-state index contributed by atoms with van der Waals surface area (Å²) in [6.45, 7) is 18.4. The maximum absolute atomic E-state index is 13.7. The van der Waals surface area contributed by atoms with Crippen molar-refractivity contribution in [2.24, 2.45) is 63.9 Å². The minimum absolute atomic E-state index is 0.0503. The Morgan fingerprint density at radius 3 is 2.18 bits per heavy atom. The quantitative estimate of drug-likeness (QED) is 0.0148. The molecule has 0 bridgehead atoms. The minimum Gasteiger partial charge on any atom is -0.429 e. The number of nitro benzene ring substituents is 1. The van der Waals surface area contributed by atoms with Gasteiger partial charge in [0.15, 0.2) is 0 Å². The summed E-state index contributed by atoms with van der Waals surface area (Å²) in [5.41, 5.74) is 8.59. The molecule has 0 heterocycles. The summed E-state index contributed by atoms with van der Waals surface area (Å²) in [5, 5.41) is 21.8. The predicted molar refractivity (Wildman–Crippen MR) is 290 cm³/mol. The summed E-state index contributed by atoms with van der Waals surface area (Å²) >= 11 is 0. The molecule has 3 fully saturated rings. The third kappa shape index (κ3) is 15.6. The summed E-state index contributed by atoms with van der Waals surface area (Å²) in [4.78, 5) is 88.1. The molecule has 0 radical (unpaired) electrons. The number of nitro groups is 1. The molecule has 0 saturated heterocycles. The SMILES string of the molecule is CC(C)CCCC(C)C1CCC2C3CC=C4CC(OCCCNC(=O)CCC(=O)NC(CC(C)C)C(=O)NC(C(=O)Nc5ccc(COC(=O)Oc6ccc([N+](=O)[O-])cc6)cc5)C(C)C(N)=O)CCC4(C)C3CCC12C. The third-order valence-corrected chi connectivity index (χ3v) is 17.6. The molecule has 4 aliphatic carbocycles. The van der Waals surface area contributed by atoms with Crippen molar-refractivity contribution in [2.75, 3.05) is 18.5 Å². The Labute approximate surface area is 449 Å². The van der Waals surface area contributed by atoms with Crippen LogP contribution in [0, 0.1) is 68.3 Å². The number of amides is 5. The molecular formula is C59H86N6O11. The predicted octanol–water partition coefficient (Wildman–Crippen LogP) is 10.1. The third-order valence-electron chi connectivity index (χ3n) is 17.6. The first-order chi connectivity index (χ1) is 36.1. The first-order valence-electron chi connectivity index (χ1n) is 28.0. The molecule has 11 atom stereocenters. The number of allylic oxidation sites excluding steroid dienone is 1. The number of carbonyl (C=O) groups excluding carboxylic acids is 6. The highest BCUT2D eigenvalue weighted by atomic mass is 16.7. The fourth-order valence-electron chi connectivity index (χ4n) is 13.3. The summed E-state index contributed by atoms with van der Waals surface area (Å²) in [6, 6.07) is 8.60. The molecule has 0 aromatic heterocycles. The van der Waals surface area contributed by atoms with Gasteiger partial charge in [-0.15, -0.1) is 0 Å². The van der Waals surface area contributed by atoms with E-state index < -0.39 is 52.7 Å². The number of anilines is 1. The van der Waals surface area contributed by atoms with Gasteiger partial charge in [-0.2, -0.15) is 0 Å². The summed E-state index contributed by atoms with van der Waals surface area (Å²) in [7, 11) is 0. The Kier molecular flexibility index (Phi) is 21.1. The van der Waals surface area contributed by atoms with Crippen molar-refractivity contribution in [3.63, 3.8) is 0 Å². The summed E-state index contributed by atoms with van der Waals surface area (Å²) in [5.74, 6) is 0.629. The average Bonchev–Trinajstić information content (AvgIpc) is 3.75. The second-order valence-corrected chi connectivity index (χ2v) is 23.7. The van der Waals surface area contributed by atoms with Crippen LogP contribution in [0.15, 0.2) is 60.2 Å². The molecule has 17 heteroatoms. The number of benzene rings is 2. The van der Waals surface area contributed by atoms with Gasteiger partial charge in [0.25, 0.3) is 5.69 Å². The highest BCUT2D eigenvalue weighted by molar-refractivity contribution is 6.01. The van der Waals surface area contributed by atoms with Crippen molar-refractivity contribution in [1.29, 1.82) is 0 Å². The van der Waals surface area contributed by atoms with Crippen LogP contribution in [0.1, 0.15) is 157 Å². The number of nitrogens with one attached hydrogen (secondary N) is 4. The van der Waals surface area contributed by atoms with Crippen LogP contribution in [0.5, 0.6) is 5.75 Å². The summed E-state index contributed by atoms with van der Waals surface area (Å²) < 4.78 is 16.6. The zero-order chi connectivity index (χ0) is 55.3. The molecule has 5 amide bonds. The van der Waals surface area contributed by atoms with E-state index in [1.165, 1.54) is 101 Å². The van der Waals surface area contributed by atoms with E-state index in [0.717, 1.165) is 48.3 Å². The maximum Gasteiger partial charge on any atom is 0.514 e. The Morgan fingerprint density at radius 1 is 0.803 bits per heavy atom. The van der Waals surface area contributed by atoms with Crippen LogP contribution >= 0.6 is 0 Å². The molecule has 6 N–H and O–H groups in total. The number of ether oxygens (including phenoxy) is 3. The van der Waals surface area contributed by atoms with Crippen LogP contribution in [0.2, 0.25) is 0 Å². The van der Waals surface area contributed by atoms with Gasteiger partial charge >= 0.3 is 6.16 Å². The van der Waals surface area contributed by atoms with E-state index in [1.807, 2.05) is 13.8 Å². The Balaban J connectivity index is 0.898. The number of hydrogen-bond donors (Lipinski definition) is 5. The van der Waals surface area contributed by atoms with Crippen LogP contribution in [0.4, 0.5) is 16.2 Å². The molecule has 2 aromatic rings. The van der Waals surface area contributed by atoms with E-state index in [1.54, 1.807) is 17.7 Å². The van der Waals surface area contributed by atoms with E-state index in [4.69, 9.17) is 19.9 Å². The molecule has 76 heavy (non-hydrogen) atoms. The van der Waals surface area contributed by atoms with Crippen LogP contribution in [-0.4, -0.2) is 72.0 Å². The molecule has 17 nitrogen and oxygen atoms in total. The van der Waals surface area contributed by atoms with Crippen molar-refractivity contribution in [1.82, 2.24) is 16.0 Å². The number of hydrogen-bond acceptors (Lipinski definition) is 11. The maximum atomic E-state index is 13.7. The van der Waals surface area contributed by atoms with Crippen LogP contribution in [0.25, 0.3) is 0 Å². The molecular weight excluding hydrogens is 969 g/mol. The van der Waals surface area contributed by atoms with Crippen molar-refractivity contribution in [2.45, 2.75) is 176 Å². The second-order valence-electron chi connectivity index (χ2n) is 23.7. The highest BCUT2D eigenvalue weighted by Gasteiger charge is 2.59. The smallest absolute Gasteiger partial charge is 0.429 e. The number of rotatable bonds is 26. The van der Waals surface area contributed by atoms with Gasteiger partial charge in [0, 0.05) is 43.8 Å². The first kappa shape index (κ1) is 59.4. The van der Waals surface area contributed by atoms with Gasteiger partial charge in [0.1, 0.15) is 24.4 Å². The van der Waals surface area contributed by atoms with Crippen LogP contribution < -0.4 is 31.7 Å². The lowest BCUT2D eigenvalue weighted by molar-refractivity contribution is -0.384. The van der Waals surface area contributed by atoms with Gasteiger partial charge in [-0.1, -0.05) is 98.4 Å². The lowest BCUT2D eigenvalue weighted by Crippen LogP contribution is -2.56. The normalized spacial score (nSPS) is 25.3. The Hall–Kier alpha value is -5.84. The molecule has 0 aliphatic heterocycles. The standard InChI is InChI=1S/C59H86N6O11/c1-36(2)11-9-12-38(5)47-23-24-48-46-22-15-41-34-45(27-29-58(41,7)49(46)28-30-59(47,48)8)74-32-10-31-61-51(66)25-26-52(67)63-50(33-37(3)4)55(69)64-53(39(6)54(60)68)56(70)62-42-16-13-40(14-17-42)35-75-57(71)76-44-20-18-43(19-21-44)65(72)73/h13-21,36-39,45-50,53H,9-12,22-35H2,1-8H3,(H2,60,68)(H,61,66)(H,62,70)(H,63,67)(H,64,69). The largest absolute Gasteiger partial charge is 0.514 e. The van der Waals surface area contributed by atoms with E-state index in [0.29, 0.717) is 36.2 Å². The molecule has 6 rings (SSSR count). The van der Waals surface area contributed by atoms with Gasteiger partial charge in [-0.25, -0.2) is 4.79 Å².